The molecule has 0 nitrogen and oxygen atoms in total. The van der Waals surface area contributed by atoms with Gasteiger partial charge in [-0.3, -0.25) is 0 Å². The second-order valence-corrected chi connectivity index (χ2v) is 14.5. The number of hydrogen-bond acceptors (Lipinski definition) is 0. The predicted octanol–water partition coefficient (Wildman–Crippen LogP) is 9.68. The highest BCUT2D eigenvalue weighted by Gasteiger charge is 2.41. The fourth-order valence-electron chi connectivity index (χ4n) is 6.20. The molecule has 0 aromatic heterocycles. The first-order valence-electron chi connectivity index (χ1n) is 13.1. The average Bonchev–Trinajstić information content (AvgIpc) is 3.25. The lowest BCUT2D eigenvalue weighted by atomic mass is 9.65. The smallest absolute Gasteiger partial charge is 0.00751 e. The molecule has 0 radical (unpaired) electrons. The normalized spacial score (nSPS) is 18.5. The molecular formula is C34H46. The van der Waals surface area contributed by atoms with Crippen LogP contribution in [0.15, 0.2) is 53.6 Å². The van der Waals surface area contributed by atoms with Crippen LogP contribution in [0.3, 0.4) is 0 Å². The van der Waals surface area contributed by atoms with E-state index >= 15 is 0 Å². The Kier molecular flexibility index (Phi) is 5.67. The van der Waals surface area contributed by atoms with E-state index in [0.29, 0.717) is 5.92 Å². The molecule has 0 N–H and O–H groups in total. The summed E-state index contributed by atoms with van der Waals surface area (Å²) in [6.07, 6.45) is 6.07. The van der Waals surface area contributed by atoms with E-state index in [1.54, 1.807) is 11.1 Å². The first-order valence-corrected chi connectivity index (χ1v) is 13.1. The van der Waals surface area contributed by atoms with Crippen molar-refractivity contribution in [2.75, 3.05) is 0 Å². The second kappa shape index (κ2) is 7.71. The van der Waals surface area contributed by atoms with E-state index in [4.69, 9.17) is 0 Å². The molecule has 2 aromatic carbocycles. The van der Waals surface area contributed by atoms with Gasteiger partial charge in [-0.2, -0.15) is 0 Å². The number of hydrogen-bond donors (Lipinski definition) is 0. The first kappa shape index (κ1) is 25.0. The Bertz CT molecular complexity index is 1190. The largest absolute Gasteiger partial charge is 0.0727 e. The van der Waals surface area contributed by atoms with Crippen molar-refractivity contribution in [3.63, 3.8) is 0 Å². The van der Waals surface area contributed by atoms with Gasteiger partial charge in [0.1, 0.15) is 0 Å². The van der Waals surface area contributed by atoms with Crippen molar-refractivity contribution in [1.29, 1.82) is 0 Å². The number of benzene rings is 2. The predicted molar refractivity (Wildman–Crippen MR) is 150 cm³/mol. The van der Waals surface area contributed by atoms with Crippen LogP contribution in [-0.2, 0) is 22.7 Å². The van der Waals surface area contributed by atoms with Gasteiger partial charge in [-0.25, -0.2) is 0 Å². The lowest BCUT2D eigenvalue weighted by Crippen LogP contribution is -2.32. The molecule has 0 spiro atoms. The Morgan fingerprint density at radius 1 is 0.706 bits per heavy atom. The van der Waals surface area contributed by atoms with Gasteiger partial charge in [0.2, 0.25) is 0 Å². The van der Waals surface area contributed by atoms with Crippen molar-refractivity contribution < 1.29 is 0 Å². The van der Waals surface area contributed by atoms with Gasteiger partial charge < -0.3 is 0 Å². The number of allylic oxidation sites excluding steroid dienone is 4. The molecule has 1 unspecified atom stereocenters. The average molecular weight is 455 g/mol. The van der Waals surface area contributed by atoms with Gasteiger partial charge in [-0.05, 0) is 74.1 Å². The van der Waals surface area contributed by atoms with Crippen LogP contribution in [0, 0.1) is 11.3 Å². The van der Waals surface area contributed by atoms with E-state index < -0.39 is 0 Å². The molecule has 0 saturated heterocycles. The Morgan fingerprint density at radius 2 is 1.32 bits per heavy atom. The first-order chi connectivity index (χ1) is 15.4. The summed E-state index contributed by atoms with van der Waals surface area (Å²) >= 11 is 0. The maximum atomic E-state index is 2.57. The third kappa shape index (κ3) is 4.12. The Balaban J connectivity index is 1.92. The van der Waals surface area contributed by atoms with Crippen LogP contribution in [-0.4, -0.2) is 0 Å². The molecule has 0 heterocycles. The molecule has 2 aromatic rings. The summed E-state index contributed by atoms with van der Waals surface area (Å²) in [7, 11) is 0. The summed E-state index contributed by atoms with van der Waals surface area (Å²) in [5.41, 5.74) is 13.9. The number of fused-ring (bicyclic) bond motifs is 3. The number of rotatable bonds is 2. The van der Waals surface area contributed by atoms with Crippen molar-refractivity contribution >= 4 is 0 Å². The van der Waals surface area contributed by atoms with Crippen LogP contribution in [0.25, 0.3) is 11.1 Å². The summed E-state index contributed by atoms with van der Waals surface area (Å²) in [5, 5.41) is 0. The van der Waals surface area contributed by atoms with Gasteiger partial charge in [0, 0.05) is 11.3 Å². The molecule has 0 bridgehead atoms. The van der Waals surface area contributed by atoms with Crippen LogP contribution in [0.2, 0.25) is 0 Å². The molecule has 2 aliphatic rings. The maximum absolute atomic E-state index is 2.57. The fraction of sp³-hybridized carbons (Fsp3) is 0.529. The fourth-order valence-corrected chi connectivity index (χ4v) is 6.20. The molecule has 0 heteroatoms. The maximum Gasteiger partial charge on any atom is 0.00751 e. The van der Waals surface area contributed by atoms with Gasteiger partial charge in [0.25, 0.3) is 0 Å². The van der Waals surface area contributed by atoms with Crippen LogP contribution < -0.4 is 0 Å². The minimum atomic E-state index is 0.0104. The van der Waals surface area contributed by atoms with E-state index in [1.807, 2.05) is 0 Å². The quantitative estimate of drug-likeness (QED) is 0.361. The highest BCUT2D eigenvalue weighted by molar-refractivity contribution is 5.80. The van der Waals surface area contributed by atoms with Crippen molar-refractivity contribution in [2.45, 2.75) is 106 Å². The van der Waals surface area contributed by atoms with Crippen molar-refractivity contribution in [2.24, 2.45) is 11.3 Å². The van der Waals surface area contributed by atoms with Crippen LogP contribution in [0.4, 0.5) is 0 Å². The van der Waals surface area contributed by atoms with Crippen LogP contribution >= 0.6 is 0 Å². The van der Waals surface area contributed by atoms with Gasteiger partial charge in [-0.15, -0.1) is 0 Å². The standard InChI is InChI=1S/C34H46/c1-21-17-24(32(5,6)7)20-29(21)34(11,12)30-27-19-22-18-23(31(2,3)4)13-14-25(22)26(27)15-16-28(30)33(8,9)10/h13-18,20,29H,19H2,1-12H3. The Hall–Kier alpha value is -2.08. The van der Waals surface area contributed by atoms with Gasteiger partial charge >= 0.3 is 0 Å². The van der Waals surface area contributed by atoms with E-state index in [-0.39, 0.29) is 21.7 Å². The van der Waals surface area contributed by atoms with E-state index in [1.165, 1.54) is 39.0 Å². The Morgan fingerprint density at radius 3 is 1.85 bits per heavy atom. The zero-order valence-corrected chi connectivity index (χ0v) is 23.8. The third-order valence-electron chi connectivity index (χ3n) is 8.26. The van der Waals surface area contributed by atoms with E-state index in [2.05, 4.69) is 126 Å². The minimum absolute atomic E-state index is 0.0104. The molecule has 0 aliphatic heterocycles. The summed E-state index contributed by atoms with van der Waals surface area (Å²) in [6.45, 7) is 28.4. The SMILES string of the molecule is CC1=CC(C(C)(C)C)=CC1C(C)(C)c1c(C(C)(C)C)ccc2c1Cc1cc(C(C)(C)C)ccc1-2. The molecule has 182 valence electrons. The summed E-state index contributed by atoms with van der Waals surface area (Å²) in [6, 6.07) is 12.0. The van der Waals surface area contributed by atoms with Gasteiger partial charge in [-0.1, -0.05) is 124 Å². The topological polar surface area (TPSA) is 0 Å². The van der Waals surface area contributed by atoms with Gasteiger partial charge in [0.05, 0.1) is 0 Å². The lowest BCUT2D eigenvalue weighted by Gasteiger charge is -2.39. The van der Waals surface area contributed by atoms with Crippen molar-refractivity contribution in [3.05, 3.63) is 81.4 Å². The van der Waals surface area contributed by atoms with E-state index in [0.717, 1.165) is 6.42 Å². The monoisotopic (exact) mass is 454 g/mol. The molecule has 0 saturated carbocycles. The Labute approximate surface area is 209 Å². The molecule has 0 fully saturated rings. The summed E-state index contributed by atoms with van der Waals surface area (Å²) in [5.74, 6) is 0.420. The van der Waals surface area contributed by atoms with Crippen LogP contribution in [0.1, 0.15) is 111 Å². The van der Waals surface area contributed by atoms with Crippen molar-refractivity contribution in [3.8, 4) is 11.1 Å². The summed E-state index contributed by atoms with van der Waals surface area (Å²) in [4.78, 5) is 0. The summed E-state index contributed by atoms with van der Waals surface area (Å²) < 4.78 is 0. The molecule has 0 amide bonds. The zero-order chi connectivity index (χ0) is 25.4. The molecular weight excluding hydrogens is 408 g/mol. The molecule has 1 atom stereocenters. The highest BCUT2D eigenvalue weighted by Crippen LogP contribution is 2.52. The molecule has 2 aliphatic carbocycles. The lowest BCUT2D eigenvalue weighted by molar-refractivity contribution is 0.412. The second-order valence-electron chi connectivity index (χ2n) is 14.5. The van der Waals surface area contributed by atoms with E-state index in [9.17, 15) is 0 Å². The van der Waals surface area contributed by atoms with Gasteiger partial charge in [0.15, 0.2) is 0 Å². The van der Waals surface area contributed by atoms with Crippen LogP contribution in [0.5, 0.6) is 0 Å². The molecule has 4 rings (SSSR count). The molecule has 34 heavy (non-hydrogen) atoms. The highest BCUT2D eigenvalue weighted by atomic mass is 14.4. The minimum Gasteiger partial charge on any atom is -0.0727 e. The third-order valence-corrected chi connectivity index (χ3v) is 8.26. The van der Waals surface area contributed by atoms with Crippen molar-refractivity contribution in [1.82, 2.24) is 0 Å². The zero-order valence-electron chi connectivity index (χ0n) is 23.8.